The van der Waals surface area contributed by atoms with Gasteiger partial charge in [0.1, 0.15) is 24.4 Å². The molecule has 0 aromatic rings. The topological polar surface area (TPSA) is 149 Å². The van der Waals surface area contributed by atoms with E-state index in [-0.39, 0.29) is 12.5 Å². The maximum Gasteiger partial charge on any atom is 0.209 e. The molecule has 0 bridgehead atoms. The second kappa shape index (κ2) is 7.06. The Morgan fingerprint density at radius 2 is 1.75 bits per heavy atom. The highest BCUT2D eigenvalue weighted by Crippen LogP contribution is 2.40. The number of rotatable bonds is 4. The summed E-state index contributed by atoms with van der Waals surface area (Å²) in [5.74, 6) is -0.835. The van der Waals surface area contributed by atoms with Gasteiger partial charge in [-0.05, 0) is 11.6 Å². The fraction of sp³-hybridized carbons (Fsp3) is 0.733. The van der Waals surface area contributed by atoms with Gasteiger partial charge in [0.25, 0.3) is 0 Å². The number of ether oxygens (including phenoxy) is 3. The van der Waals surface area contributed by atoms with Crippen molar-refractivity contribution in [2.45, 2.75) is 43.1 Å². The Labute approximate surface area is 138 Å². The number of hydrogen-bond donors (Lipinski definition) is 6. The van der Waals surface area contributed by atoms with Crippen LogP contribution in [0.3, 0.4) is 0 Å². The van der Waals surface area contributed by atoms with E-state index in [2.05, 4.69) is 0 Å². The van der Waals surface area contributed by atoms with Crippen LogP contribution in [0.25, 0.3) is 0 Å². The maximum absolute atomic E-state index is 10.0. The van der Waals surface area contributed by atoms with E-state index < -0.39 is 55.6 Å². The predicted octanol–water partition coefficient (Wildman–Crippen LogP) is -2.80. The summed E-state index contributed by atoms with van der Waals surface area (Å²) in [5, 5.41) is 58.3. The Kier molecular flexibility index (Phi) is 5.23. The Bertz CT molecular complexity index is 505. The summed E-state index contributed by atoms with van der Waals surface area (Å²) in [6.07, 6.45) is -4.27. The lowest BCUT2D eigenvalue weighted by Gasteiger charge is -2.42. The van der Waals surface area contributed by atoms with Crippen LogP contribution in [-0.4, -0.2) is 87.0 Å². The van der Waals surface area contributed by atoms with Gasteiger partial charge in [-0.3, -0.25) is 0 Å². The minimum absolute atomic E-state index is 0.288. The van der Waals surface area contributed by atoms with Crippen molar-refractivity contribution in [3.05, 3.63) is 24.0 Å². The zero-order valence-corrected chi connectivity index (χ0v) is 12.8. The first-order valence-corrected chi connectivity index (χ1v) is 7.75. The van der Waals surface area contributed by atoms with Gasteiger partial charge in [-0.1, -0.05) is 6.08 Å². The molecule has 0 aromatic carbocycles. The van der Waals surface area contributed by atoms with Crippen molar-refractivity contribution in [3.63, 3.8) is 0 Å². The van der Waals surface area contributed by atoms with Gasteiger partial charge in [-0.25, -0.2) is 0 Å². The first-order valence-electron chi connectivity index (χ1n) is 7.75. The molecule has 0 saturated carbocycles. The summed E-state index contributed by atoms with van der Waals surface area (Å²) in [4.78, 5) is 0. The van der Waals surface area contributed by atoms with E-state index >= 15 is 0 Å². The molecule has 24 heavy (non-hydrogen) atoms. The Morgan fingerprint density at radius 3 is 2.42 bits per heavy atom. The molecule has 2 heterocycles. The summed E-state index contributed by atoms with van der Waals surface area (Å²) < 4.78 is 16.3. The third-order valence-electron chi connectivity index (χ3n) is 4.73. The summed E-state index contributed by atoms with van der Waals surface area (Å²) in [6.45, 7) is -0.854. The Morgan fingerprint density at radius 1 is 1.00 bits per heavy atom. The third kappa shape index (κ3) is 2.98. The Balaban J connectivity index is 1.75. The molecule has 9 nitrogen and oxygen atoms in total. The largest absolute Gasteiger partial charge is 0.472 e. The monoisotopic (exact) mass is 346 g/mol. The van der Waals surface area contributed by atoms with Gasteiger partial charge in [0.2, 0.25) is 6.29 Å². The molecule has 1 saturated heterocycles. The molecule has 9 heteroatoms. The number of aliphatic hydroxyl groups is 6. The first-order chi connectivity index (χ1) is 11.5. The van der Waals surface area contributed by atoms with Gasteiger partial charge in [0.05, 0.1) is 31.5 Å². The van der Waals surface area contributed by atoms with Crippen LogP contribution in [0, 0.1) is 11.8 Å². The average molecular weight is 346 g/mol. The van der Waals surface area contributed by atoms with Gasteiger partial charge >= 0.3 is 0 Å². The quantitative estimate of drug-likeness (QED) is 0.297. The summed E-state index contributed by atoms with van der Waals surface area (Å²) in [6, 6.07) is 0. The van der Waals surface area contributed by atoms with Crippen molar-refractivity contribution >= 4 is 0 Å². The lowest BCUT2D eigenvalue weighted by atomic mass is 9.88. The van der Waals surface area contributed by atoms with E-state index in [0.29, 0.717) is 5.57 Å². The van der Waals surface area contributed by atoms with Crippen LogP contribution in [0.4, 0.5) is 0 Å². The van der Waals surface area contributed by atoms with E-state index in [1.165, 1.54) is 12.3 Å². The molecule has 3 rings (SSSR count). The van der Waals surface area contributed by atoms with Crippen molar-refractivity contribution in [2.24, 2.45) is 11.8 Å². The number of hydrogen-bond acceptors (Lipinski definition) is 9. The summed E-state index contributed by atoms with van der Waals surface area (Å²) >= 11 is 0. The van der Waals surface area contributed by atoms with Crippen molar-refractivity contribution in [1.82, 2.24) is 0 Å². The van der Waals surface area contributed by atoms with Crippen molar-refractivity contribution in [1.29, 1.82) is 0 Å². The Hall–Kier alpha value is -1.04. The van der Waals surface area contributed by atoms with Crippen LogP contribution >= 0.6 is 0 Å². The molecule has 1 aliphatic carbocycles. The SMILES string of the molecule is OCC1=C[C@H](O)[C@@H]2C=CO[C@H](O[C@@H]3O[C@H](CO)[C@@H](O)[C@H](O)[C@H]3O)[C@H]12. The molecule has 6 N–H and O–H groups in total. The van der Waals surface area contributed by atoms with Gasteiger partial charge in [-0.2, -0.15) is 0 Å². The first kappa shape index (κ1) is 17.8. The predicted molar refractivity (Wildman–Crippen MR) is 77.0 cm³/mol. The minimum Gasteiger partial charge on any atom is -0.472 e. The molecule has 0 aromatic heterocycles. The van der Waals surface area contributed by atoms with Crippen LogP contribution < -0.4 is 0 Å². The minimum atomic E-state index is -1.56. The zero-order chi connectivity index (χ0) is 17.4. The molecule has 0 radical (unpaired) electrons. The molecule has 0 amide bonds. The van der Waals surface area contributed by atoms with Gasteiger partial charge in [0, 0.05) is 5.92 Å². The molecule has 9 atom stereocenters. The highest BCUT2D eigenvalue weighted by Gasteiger charge is 2.49. The van der Waals surface area contributed by atoms with Crippen molar-refractivity contribution < 1.29 is 44.8 Å². The smallest absolute Gasteiger partial charge is 0.209 e. The molecule has 1 fully saturated rings. The third-order valence-corrected chi connectivity index (χ3v) is 4.73. The number of fused-ring (bicyclic) bond motifs is 1. The van der Waals surface area contributed by atoms with E-state index in [1.807, 2.05) is 0 Å². The van der Waals surface area contributed by atoms with E-state index in [0.717, 1.165) is 0 Å². The average Bonchev–Trinajstić information content (AvgIpc) is 2.92. The fourth-order valence-corrected chi connectivity index (χ4v) is 3.38. The van der Waals surface area contributed by atoms with Crippen LogP contribution in [0.15, 0.2) is 24.0 Å². The zero-order valence-electron chi connectivity index (χ0n) is 12.8. The summed E-state index contributed by atoms with van der Waals surface area (Å²) in [5.41, 5.74) is 0.534. The van der Waals surface area contributed by atoms with Crippen LogP contribution in [-0.2, 0) is 14.2 Å². The standard InChI is InChI=1S/C15H22O9/c16-4-6-3-8(18)7-1-2-22-14(10(6)7)24-15-13(21)12(20)11(19)9(5-17)23-15/h1-3,7-21H,4-5H2/t7-,8-,9+,10+,11+,12-,13+,14+,15-/m0/s1. The second-order valence-electron chi connectivity index (χ2n) is 6.16. The van der Waals surface area contributed by atoms with Crippen LogP contribution in [0.5, 0.6) is 0 Å². The molecule has 0 spiro atoms. The van der Waals surface area contributed by atoms with Crippen molar-refractivity contribution in [2.75, 3.05) is 13.2 Å². The molecule has 2 aliphatic heterocycles. The van der Waals surface area contributed by atoms with Gasteiger partial charge < -0.3 is 44.8 Å². The van der Waals surface area contributed by atoms with E-state index in [1.54, 1.807) is 6.08 Å². The van der Waals surface area contributed by atoms with Gasteiger partial charge in [-0.15, -0.1) is 0 Å². The van der Waals surface area contributed by atoms with Crippen molar-refractivity contribution in [3.8, 4) is 0 Å². The maximum atomic E-state index is 10.0. The second-order valence-corrected chi connectivity index (χ2v) is 6.16. The van der Waals surface area contributed by atoms with E-state index in [4.69, 9.17) is 14.2 Å². The summed E-state index contributed by atoms with van der Waals surface area (Å²) in [7, 11) is 0. The molecule has 0 unspecified atom stereocenters. The highest BCUT2D eigenvalue weighted by atomic mass is 16.8. The normalized spacial score (nSPS) is 47.9. The molecule has 136 valence electrons. The van der Waals surface area contributed by atoms with Gasteiger partial charge in [0.15, 0.2) is 6.29 Å². The van der Waals surface area contributed by atoms with Crippen LogP contribution in [0.1, 0.15) is 0 Å². The molecular formula is C15H22O9. The fourth-order valence-electron chi connectivity index (χ4n) is 3.38. The van der Waals surface area contributed by atoms with E-state index in [9.17, 15) is 30.6 Å². The van der Waals surface area contributed by atoms with Crippen LogP contribution in [0.2, 0.25) is 0 Å². The lowest BCUT2D eigenvalue weighted by molar-refractivity contribution is -0.339. The lowest BCUT2D eigenvalue weighted by Crippen LogP contribution is -2.60. The number of aliphatic hydroxyl groups excluding tert-OH is 6. The molecule has 3 aliphatic rings. The molecular weight excluding hydrogens is 324 g/mol. The highest BCUT2D eigenvalue weighted by molar-refractivity contribution is 5.25.